The van der Waals surface area contributed by atoms with E-state index in [1.54, 1.807) is 12.3 Å². The van der Waals surface area contributed by atoms with Crippen molar-refractivity contribution < 1.29 is 9.59 Å². The molecule has 2 aromatic heterocycles. The fraction of sp³-hybridized carbons (Fsp3) is 0.333. The molecule has 3 N–H and O–H groups in total. The normalized spacial score (nSPS) is 14.2. The minimum Gasteiger partial charge on any atom is -0.365 e. The molecule has 33 heavy (non-hydrogen) atoms. The van der Waals surface area contributed by atoms with Gasteiger partial charge in [0.15, 0.2) is 5.13 Å². The van der Waals surface area contributed by atoms with Crippen molar-refractivity contribution in [3.8, 4) is 0 Å². The highest BCUT2D eigenvalue weighted by Crippen LogP contribution is 2.32. The van der Waals surface area contributed by atoms with Crippen LogP contribution >= 0.6 is 11.3 Å². The summed E-state index contributed by atoms with van der Waals surface area (Å²) in [5, 5.41) is 5.94. The average molecular weight is 465 g/mol. The molecule has 0 spiro atoms. The molecule has 4 rings (SSSR count). The van der Waals surface area contributed by atoms with Gasteiger partial charge in [0, 0.05) is 56.1 Å². The standard InChI is InChI=1S/C24H28N6O2S/c1-3-22(31)30-11-8-17(9-12-30)16-4-6-18(7-5-16)28-21-14-20(19(15-27-21)23(25)32)29(2)24-26-10-13-33-24/h4-7,10,13-15,17H,3,8-9,11-12H2,1-2H3,(H2,25,32)(H,27,28). The maximum Gasteiger partial charge on any atom is 0.252 e. The first-order valence-corrected chi connectivity index (χ1v) is 11.9. The van der Waals surface area contributed by atoms with E-state index in [-0.39, 0.29) is 5.91 Å². The van der Waals surface area contributed by atoms with Crippen LogP contribution in [0.15, 0.2) is 48.1 Å². The molecule has 1 aliphatic heterocycles. The van der Waals surface area contributed by atoms with E-state index in [1.165, 1.54) is 23.1 Å². The van der Waals surface area contributed by atoms with Crippen LogP contribution < -0.4 is 16.0 Å². The number of carbonyl (C=O) groups is 2. The minimum atomic E-state index is -0.538. The number of anilines is 4. The lowest BCUT2D eigenvalue weighted by Gasteiger charge is -2.32. The summed E-state index contributed by atoms with van der Waals surface area (Å²) in [5.74, 6) is 0.773. The Labute approximate surface area is 197 Å². The van der Waals surface area contributed by atoms with Gasteiger partial charge >= 0.3 is 0 Å². The van der Waals surface area contributed by atoms with E-state index in [1.807, 2.05) is 41.3 Å². The van der Waals surface area contributed by atoms with Crippen LogP contribution in [0.25, 0.3) is 0 Å². The summed E-state index contributed by atoms with van der Waals surface area (Å²) in [5.41, 5.74) is 8.72. The van der Waals surface area contributed by atoms with Crippen LogP contribution in [0.3, 0.4) is 0 Å². The maximum atomic E-state index is 11.9. The van der Waals surface area contributed by atoms with Gasteiger partial charge in [-0.15, -0.1) is 11.3 Å². The lowest BCUT2D eigenvalue weighted by molar-refractivity contribution is -0.131. The molecule has 1 aliphatic rings. The molecule has 1 saturated heterocycles. The largest absolute Gasteiger partial charge is 0.365 e. The van der Waals surface area contributed by atoms with Gasteiger partial charge in [0.25, 0.3) is 5.91 Å². The van der Waals surface area contributed by atoms with E-state index in [0.29, 0.717) is 29.4 Å². The molecule has 0 aliphatic carbocycles. The smallest absolute Gasteiger partial charge is 0.252 e. The van der Waals surface area contributed by atoms with Gasteiger partial charge in [0.2, 0.25) is 5.91 Å². The topological polar surface area (TPSA) is 104 Å². The lowest BCUT2D eigenvalue weighted by Crippen LogP contribution is -2.37. The zero-order chi connectivity index (χ0) is 23.4. The van der Waals surface area contributed by atoms with Gasteiger partial charge in [0.1, 0.15) is 5.82 Å². The summed E-state index contributed by atoms with van der Waals surface area (Å²) in [4.78, 5) is 36.3. The van der Waals surface area contributed by atoms with Gasteiger partial charge in [-0.2, -0.15) is 0 Å². The van der Waals surface area contributed by atoms with Gasteiger partial charge in [-0.3, -0.25) is 9.59 Å². The molecule has 0 bridgehead atoms. The molecule has 0 radical (unpaired) electrons. The van der Waals surface area contributed by atoms with Crippen molar-refractivity contribution in [3.63, 3.8) is 0 Å². The molecule has 9 heteroatoms. The van der Waals surface area contributed by atoms with Crippen molar-refractivity contribution in [3.05, 3.63) is 59.2 Å². The Morgan fingerprint density at radius 1 is 1.21 bits per heavy atom. The number of piperidine rings is 1. The van der Waals surface area contributed by atoms with Crippen LogP contribution in [0.4, 0.5) is 22.3 Å². The monoisotopic (exact) mass is 464 g/mol. The number of aromatic nitrogens is 2. The highest BCUT2D eigenvalue weighted by molar-refractivity contribution is 7.13. The lowest BCUT2D eigenvalue weighted by atomic mass is 9.89. The number of likely N-dealkylation sites (tertiary alicyclic amines) is 1. The second-order valence-corrected chi connectivity index (χ2v) is 8.95. The van der Waals surface area contributed by atoms with E-state index in [9.17, 15) is 9.59 Å². The summed E-state index contributed by atoms with van der Waals surface area (Å²) in [6.07, 6.45) is 5.75. The van der Waals surface area contributed by atoms with E-state index in [0.717, 1.165) is 36.8 Å². The molecule has 1 aromatic carbocycles. The molecule has 3 heterocycles. The van der Waals surface area contributed by atoms with Gasteiger partial charge in [-0.05, 0) is 36.5 Å². The predicted octanol–water partition coefficient (Wildman–Crippen LogP) is 4.26. The van der Waals surface area contributed by atoms with Crippen LogP contribution in [0, 0.1) is 0 Å². The zero-order valence-corrected chi connectivity index (χ0v) is 19.6. The first kappa shape index (κ1) is 22.7. The van der Waals surface area contributed by atoms with Crippen LogP contribution in [0.2, 0.25) is 0 Å². The third kappa shape index (κ3) is 5.14. The average Bonchev–Trinajstić information content (AvgIpc) is 3.38. The first-order chi connectivity index (χ1) is 16.0. The molecule has 0 atom stereocenters. The van der Waals surface area contributed by atoms with E-state index >= 15 is 0 Å². The third-order valence-corrected chi connectivity index (χ3v) is 6.87. The Kier molecular flexibility index (Phi) is 6.88. The summed E-state index contributed by atoms with van der Waals surface area (Å²) in [6.45, 7) is 3.56. The van der Waals surface area contributed by atoms with Crippen LogP contribution in [0.5, 0.6) is 0 Å². The van der Waals surface area contributed by atoms with E-state index in [2.05, 4.69) is 27.4 Å². The maximum absolute atomic E-state index is 11.9. The Balaban J connectivity index is 1.46. The van der Waals surface area contributed by atoms with Crippen molar-refractivity contribution in [2.75, 3.05) is 30.4 Å². The molecule has 0 unspecified atom stereocenters. The summed E-state index contributed by atoms with van der Waals surface area (Å²) in [6, 6.07) is 10.1. The minimum absolute atomic E-state index is 0.239. The van der Waals surface area contributed by atoms with Gasteiger partial charge < -0.3 is 20.9 Å². The second-order valence-electron chi connectivity index (χ2n) is 8.08. The third-order valence-electron chi connectivity index (χ3n) is 6.02. The van der Waals surface area contributed by atoms with Gasteiger partial charge in [0.05, 0.1) is 11.3 Å². The Morgan fingerprint density at radius 3 is 2.55 bits per heavy atom. The number of primary amides is 1. The number of hydrogen-bond donors (Lipinski definition) is 2. The van der Waals surface area contributed by atoms with Crippen LogP contribution in [-0.4, -0.2) is 46.8 Å². The number of hydrogen-bond acceptors (Lipinski definition) is 7. The number of thiazole rings is 1. The number of nitrogens with two attached hydrogens (primary N) is 1. The Hall–Kier alpha value is -3.46. The van der Waals surface area contributed by atoms with Gasteiger partial charge in [-0.1, -0.05) is 19.1 Å². The number of amides is 2. The van der Waals surface area contributed by atoms with Crippen molar-refractivity contribution in [2.24, 2.45) is 5.73 Å². The van der Waals surface area contributed by atoms with Crippen molar-refractivity contribution in [1.29, 1.82) is 0 Å². The highest BCUT2D eigenvalue weighted by Gasteiger charge is 2.23. The highest BCUT2D eigenvalue weighted by atomic mass is 32.1. The fourth-order valence-electron chi connectivity index (χ4n) is 4.14. The van der Waals surface area contributed by atoms with Crippen LogP contribution in [0.1, 0.15) is 48.0 Å². The fourth-order valence-corrected chi connectivity index (χ4v) is 4.76. The Morgan fingerprint density at radius 2 is 1.94 bits per heavy atom. The molecule has 0 saturated carbocycles. The number of rotatable bonds is 7. The number of carbonyl (C=O) groups excluding carboxylic acids is 2. The number of pyridine rings is 1. The molecule has 2 amide bonds. The van der Waals surface area contributed by atoms with Crippen molar-refractivity contribution in [1.82, 2.24) is 14.9 Å². The van der Waals surface area contributed by atoms with Crippen LogP contribution in [-0.2, 0) is 4.79 Å². The van der Waals surface area contributed by atoms with Crippen molar-refractivity contribution in [2.45, 2.75) is 32.1 Å². The first-order valence-electron chi connectivity index (χ1n) is 11.0. The quantitative estimate of drug-likeness (QED) is 0.541. The van der Waals surface area contributed by atoms with Gasteiger partial charge in [-0.25, -0.2) is 9.97 Å². The zero-order valence-electron chi connectivity index (χ0n) is 18.8. The van der Waals surface area contributed by atoms with E-state index < -0.39 is 5.91 Å². The number of benzene rings is 1. The number of nitrogens with zero attached hydrogens (tertiary/aromatic N) is 4. The molecular weight excluding hydrogens is 436 g/mol. The molecular formula is C24H28N6O2S. The molecule has 172 valence electrons. The Bertz CT molecular complexity index is 1110. The van der Waals surface area contributed by atoms with E-state index in [4.69, 9.17) is 5.73 Å². The molecule has 8 nitrogen and oxygen atoms in total. The van der Waals surface area contributed by atoms with Crippen molar-refractivity contribution >= 4 is 45.5 Å². The SMILES string of the molecule is CCC(=O)N1CCC(c2ccc(Nc3cc(N(C)c4nccs4)c(C(N)=O)cn3)cc2)CC1. The molecule has 3 aromatic rings. The predicted molar refractivity (Wildman–Crippen MR) is 132 cm³/mol. The summed E-state index contributed by atoms with van der Waals surface area (Å²) in [7, 11) is 1.85. The summed E-state index contributed by atoms with van der Waals surface area (Å²) >= 11 is 1.47. The summed E-state index contributed by atoms with van der Waals surface area (Å²) < 4.78 is 0. The molecule has 1 fully saturated rings. The number of nitrogens with one attached hydrogen (secondary N) is 1. The second kappa shape index (κ2) is 9.99.